The molecule has 162 valence electrons. The van der Waals surface area contributed by atoms with Crippen LogP contribution in [0.15, 0.2) is 72.8 Å². The second kappa shape index (κ2) is 9.73. The van der Waals surface area contributed by atoms with Crippen LogP contribution in [-0.2, 0) is 23.1 Å². The molecule has 3 aromatic carbocycles. The minimum Gasteiger partial charge on any atom is -0.337 e. The van der Waals surface area contributed by atoms with Gasteiger partial charge in [-0.3, -0.25) is 9.10 Å². The van der Waals surface area contributed by atoms with Gasteiger partial charge in [-0.15, -0.1) is 0 Å². The molecule has 8 heteroatoms. The van der Waals surface area contributed by atoms with Crippen molar-refractivity contribution in [2.24, 2.45) is 0 Å². The van der Waals surface area contributed by atoms with Gasteiger partial charge in [-0.05, 0) is 59.7 Å². The highest BCUT2D eigenvalue weighted by Gasteiger charge is 2.19. The normalized spacial score (nSPS) is 11.2. The minimum absolute atomic E-state index is 0.162. The van der Waals surface area contributed by atoms with Crippen molar-refractivity contribution in [2.75, 3.05) is 17.6 Å². The molecule has 0 heterocycles. The second-order valence-electron chi connectivity index (χ2n) is 7.23. The first-order valence-corrected chi connectivity index (χ1v) is 12.1. The standard InChI is InChI=1S/C23H22Cl2N2O3S/c1-26(15-17-3-9-20(24)10-4-17)23(28)19-7-13-22(14-8-19)27(31(2,29)30)16-18-5-11-21(25)12-6-18/h3-14H,15-16H2,1-2H3. The van der Waals surface area contributed by atoms with E-state index < -0.39 is 10.0 Å². The highest BCUT2D eigenvalue weighted by atomic mass is 35.5. The lowest BCUT2D eigenvalue weighted by atomic mass is 10.1. The van der Waals surface area contributed by atoms with Crippen molar-refractivity contribution in [2.45, 2.75) is 13.1 Å². The number of carbonyl (C=O) groups is 1. The van der Waals surface area contributed by atoms with E-state index >= 15 is 0 Å². The maximum absolute atomic E-state index is 12.8. The Hall–Kier alpha value is -2.54. The third-order valence-corrected chi connectivity index (χ3v) is 6.37. The van der Waals surface area contributed by atoms with Crippen molar-refractivity contribution < 1.29 is 13.2 Å². The van der Waals surface area contributed by atoms with Gasteiger partial charge in [-0.2, -0.15) is 0 Å². The molecule has 0 N–H and O–H groups in total. The van der Waals surface area contributed by atoms with Gasteiger partial charge in [0.25, 0.3) is 5.91 Å². The van der Waals surface area contributed by atoms with Crippen LogP contribution in [0.4, 0.5) is 5.69 Å². The van der Waals surface area contributed by atoms with Crippen LogP contribution in [0.1, 0.15) is 21.5 Å². The number of amides is 1. The lowest BCUT2D eigenvalue weighted by Crippen LogP contribution is -2.29. The fourth-order valence-corrected chi connectivity index (χ4v) is 4.22. The van der Waals surface area contributed by atoms with E-state index in [1.54, 1.807) is 72.6 Å². The lowest BCUT2D eigenvalue weighted by Gasteiger charge is -2.23. The van der Waals surface area contributed by atoms with E-state index in [-0.39, 0.29) is 12.5 Å². The van der Waals surface area contributed by atoms with Crippen LogP contribution in [0, 0.1) is 0 Å². The Kier molecular flexibility index (Phi) is 7.26. The van der Waals surface area contributed by atoms with Gasteiger partial charge in [0.15, 0.2) is 0 Å². The Morgan fingerprint density at radius 3 is 1.68 bits per heavy atom. The zero-order valence-electron chi connectivity index (χ0n) is 17.1. The molecule has 1 amide bonds. The average molecular weight is 477 g/mol. The summed E-state index contributed by atoms with van der Waals surface area (Å²) in [4.78, 5) is 14.4. The van der Waals surface area contributed by atoms with Crippen molar-refractivity contribution in [1.29, 1.82) is 0 Å². The van der Waals surface area contributed by atoms with E-state index in [0.29, 0.717) is 27.8 Å². The molecule has 5 nitrogen and oxygen atoms in total. The van der Waals surface area contributed by atoms with Gasteiger partial charge in [0, 0.05) is 29.2 Å². The smallest absolute Gasteiger partial charge is 0.253 e. The van der Waals surface area contributed by atoms with E-state index in [2.05, 4.69) is 0 Å². The molecule has 0 bridgehead atoms. The van der Waals surface area contributed by atoms with Crippen LogP contribution in [0.3, 0.4) is 0 Å². The van der Waals surface area contributed by atoms with Crippen molar-refractivity contribution in [1.82, 2.24) is 4.90 Å². The molecule has 0 atom stereocenters. The quantitative estimate of drug-likeness (QED) is 0.468. The Morgan fingerprint density at radius 1 is 0.774 bits per heavy atom. The van der Waals surface area contributed by atoms with Gasteiger partial charge in [0.1, 0.15) is 0 Å². The summed E-state index contributed by atoms with van der Waals surface area (Å²) in [7, 11) is -1.81. The molecular formula is C23H22Cl2N2O3S. The molecule has 0 saturated heterocycles. The van der Waals surface area contributed by atoms with Crippen LogP contribution < -0.4 is 4.31 Å². The van der Waals surface area contributed by atoms with E-state index in [9.17, 15) is 13.2 Å². The van der Waals surface area contributed by atoms with Crippen molar-refractivity contribution in [3.63, 3.8) is 0 Å². The highest BCUT2D eigenvalue weighted by molar-refractivity contribution is 7.92. The Morgan fingerprint density at radius 2 is 1.23 bits per heavy atom. The van der Waals surface area contributed by atoms with Gasteiger partial charge in [0.05, 0.1) is 18.5 Å². The maximum Gasteiger partial charge on any atom is 0.253 e. The summed E-state index contributed by atoms with van der Waals surface area (Å²) in [6.07, 6.45) is 1.15. The van der Waals surface area contributed by atoms with E-state index in [0.717, 1.165) is 17.4 Å². The molecule has 0 fully saturated rings. The third-order valence-electron chi connectivity index (χ3n) is 4.72. The number of nitrogens with zero attached hydrogens (tertiary/aromatic N) is 2. The van der Waals surface area contributed by atoms with Crippen LogP contribution in [0.5, 0.6) is 0 Å². The number of halogens is 2. The number of benzene rings is 3. The van der Waals surface area contributed by atoms with E-state index in [1.807, 2.05) is 12.1 Å². The molecule has 0 aliphatic heterocycles. The van der Waals surface area contributed by atoms with Crippen molar-refractivity contribution in [3.05, 3.63) is 99.5 Å². The molecule has 0 aliphatic carbocycles. The molecule has 0 spiro atoms. The summed E-state index contributed by atoms with van der Waals surface area (Å²) in [5, 5.41) is 1.22. The zero-order valence-corrected chi connectivity index (χ0v) is 19.5. The Balaban J connectivity index is 1.76. The number of hydrogen-bond acceptors (Lipinski definition) is 3. The molecule has 0 aromatic heterocycles. The average Bonchev–Trinajstić information content (AvgIpc) is 2.73. The van der Waals surface area contributed by atoms with Gasteiger partial charge in [0.2, 0.25) is 10.0 Å². The van der Waals surface area contributed by atoms with Gasteiger partial charge in [-0.25, -0.2) is 8.42 Å². The van der Waals surface area contributed by atoms with Crippen LogP contribution in [0.2, 0.25) is 10.0 Å². The number of anilines is 1. The Bertz CT molecular complexity index is 1150. The van der Waals surface area contributed by atoms with E-state index in [4.69, 9.17) is 23.2 Å². The molecule has 3 aromatic rings. The topological polar surface area (TPSA) is 57.7 Å². The summed E-state index contributed by atoms with van der Waals surface area (Å²) >= 11 is 11.8. The van der Waals surface area contributed by atoms with Crippen LogP contribution in [0.25, 0.3) is 0 Å². The van der Waals surface area contributed by atoms with Crippen LogP contribution >= 0.6 is 23.2 Å². The van der Waals surface area contributed by atoms with E-state index in [1.165, 1.54) is 4.31 Å². The predicted molar refractivity (Wildman–Crippen MR) is 126 cm³/mol. The fourth-order valence-electron chi connectivity index (χ4n) is 3.08. The molecular weight excluding hydrogens is 455 g/mol. The summed E-state index contributed by atoms with van der Waals surface area (Å²) in [6, 6.07) is 20.9. The maximum atomic E-state index is 12.8. The molecule has 3 rings (SSSR count). The molecule has 0 unspecified atom stereocenters. The molecule has 0 saturated carbocycles. The van der Waals surface area contributed by atoms with Gasteiger partial charge in [-0.1, -0.05) is 47.5 Å². The summed E-state index contributed by atoms with van der Waals surface area (Å²) < 4.78 is 26.0. The lowest BCUT2D eigenvalue weighted by molar-refractivity contribution is 0.0785. The Labute approximate surface area is 192 Å². The predicted octanol–water partition coefficient (Wildman–Crippen LogP) is 5.23. The van der Waals surface area contributed by atoms with Crippen LogP contribution in [-0.4, -0.2) is 32.5 Å². The van der Waals surface area contributed by atoms with Crippen molar-refractivity contribution >= 4 is 44.8 Å². The minimum atomic E-state index is -3.53. The summed E-state index contributed by atoms with van der Waals surface area (Å²) in [5.74, 6) is -0.162. The number of rotatable bonds is 7. The highest BCUT2D eigenvalue weighted by Crippen LogP contribution is 2.23. The largest absolute Gasteiger partial charge is 0.337 e. The molecule has 31 heavy (non-hydrogen) atoms. The first-order valence-electron chi connectivity index (χ1n) is 9.45. The van der Waals surface area contributed by atoms with Gasteiger partial charge < -0.3 is 4.90 Å². The zero-order chi connectivity index (χ0) is 22.6. The number of sulfonamides is 1. The first kappa shape index (κ1) is 23.1. The number of hydrogen-bond donors (Lipinski definition) is 0. The summed E-state index contributed by atoms with van der Waals surface area (Å²) in [5.41, 5.74) is 2.72. The fraction of sp³-hybridized carbons (Fsp3) is 0.174. The van der Waals surface area contributed by atoms with Gasteiger partial charge >= 0.3 is 0 Å². The first-order chi connectivity index (χ1) is 14.6. The monoisotopic (exact) mass is 476 g/mol. The molecule has 0 radical (unpaired) electrons. The molecule has 0 aliphatic rings. The number of carbonyl (C=O) groups excluding carboxylic acids is 1. The summed E-state index contributed by atoms with van der Waals surface area (Å²) in [6.45, 7) is 0.601. The second-order valence-corrected chi connectivity index (χ2v) is 10.0. The van der Waals surface area contributed by atoms with Crippen molar-refractivity contribution in [3.8, 4) is 0 Å². The SMILES string of the molecule is CN(Cc1ccc(Cl)cc1)C(=O)c1ccc(N(Cc2ccc(Cl)cc2)S(C)(=O)=O)cc1. The third kappa shape index (κ3) is 6.23.